The molecule has 0 saturated carbocycles. The van der Waals surface area contributed by atoms with Gasteiger partial charge in [-0.05, 0) is 58.1 Å². The van der Waals surface area contributed by atoms with Crippen molar-refractivity contribution in [3.8, 4) is 22.6 Å². The number of aryl methyl sites for hydroxylation is 5. The largest absolute Gasteiger partial charge is 0.512 e. The topological polar surface area (TPSA) is 63.3 Å². The molecule has 1 radical (unpaired) electrons. The maximum absolute atomic E-state index is 11.9. The van der Waals surface area contributed by atoms with Crippen molar-refractivity contribution in [2.45, 2.75) is 94.9 Å². The van der Waals surface area contributed by atoms with E-state index in [1.165, 1.54) is 22.8 Å². The number of fused-ring (bicyclic) bond motifs is 1. The van der Waals surface area contributed by atoms with Crippen LogP contribution in [0.15, 0.2) is 58.8 Å². The first kappa shape index (κ1) is 36.2. The number of aliphatic hydroxyl groups excluding tert-OH is 1. The molecule has 43 heavy (non-hydrogen) atoms. The van der Waals surface area contributed by atoms with Gasteiger partial charge in [-0.25, -0.2) is 0 Å². The monoisotopic (exact) mass is 759 g/mol. The molecule has 0 bridgehead atoms. The molecule has 5 heteroatoms. The number of carbonyl (C=O) groups excluding carboxylic acids is 1. The molecular formula is C38H48IrNO3-. The Balaban J connectivity index is 0.000000332. The number of rotatable bonds is 9. The van der Waals surface area contributed by atoms with E-state index < -0.39 is 0 Å². The van der Waals surface area contributed by atoms with Crippen LogP contribution in [0.1, 0.15) is 88.1 Å². The molecule has 0 spiro atoms. The number of aliphatic hydroxyl groups is 1. The van der Waals surface area contributed by atoms with Crippen molar-refractivity contribution in [3.05, 3.63) is 88.3 Å². The predicted octanol–water partition coefficient (Wildman–Crippen LogP) is 10.8. The molecule has 0 unspecified atom stereocenters. The van der Waals surface area contributed by atoms with Gasteiger partial charge in [-0.2, -0.15) is 0 Å². The van der Waals surface area contributed by atoms with E-state index in [0.717, 1.165) is 70.4 Å². The molecule has 2 aromatic carbocycles. The first-order valence-corrected chi connectivity index (χ1v) is 15.3. The van der Waals surface area contributed by atoms with Crippen LogP contribution < -0.4 is 0 Å². The number of furan rings is 1. The minimum absolute atomic E-state index is 0. The third-order valence-electron chi connectivity index (χ3n) is 8.73. The minimum Gasteiger partial charge on any atom is -0.512 e. The zero-order chi connectivity index (χ0) is 31.2. The quantitative estimate of drug-likeness (QED) is 0.105. The van der Waals surface area contributed by atoms with Crippen molar-refractivity contribution in [2.24, 2.45) is 11.3 Å². The van der Waals surface area contributed by atoms with Crippen molar-refractivity contribution >= 4 is 16.8 Å². The maximum atomic E-state index is 11.9. The normalized spacial score (nSPS) is 11.7. The summed E-state index contributed by atoms with van der Waals surface area (Å²) in [4.78, 5) is 16.5. The fraction of sp³-hybridized carbons (Fsp3) is 0.421. The molecule has 0 aliphatic rings. The second-order valence-corrected chi connectivity index (χ2v) is 11.9. The van der Waals surface area contributed by atoms with E-state index in [-0.39, 0.29) is 43.0 Å². The summed E-state index contributed by atoms with van der Waals surface area (Å²) >= 11 is 0. The summed E-state index contributed by atoms with van der Waals surface area (Å²) in [5.41, 5.74) is 9.50. The fourth-order valence-corrected chi connectivity index (χ4v) is 5.42. The van der Waals surface area contributed by atoms with Crippen molar-refractivity contribution in [1.29, 1.82) is 0 Å². The molecule has 0 aliphatic heterocycles. The molecule has 4 rings (SSSR count). The van der Waals surface area contributed by atoms with Gasteiger partial charge >= 0.3 is 0 Å². The summed E-state index contributed by atoms with van der Waals surface area (Å²) in [6.07, 6.45) is 6.69. The van der Waals surface area contributed by atoms with Gasteiger partial charge in [0.25, 0.3) is 0 Å². The first-order chi connectivity index (χ1) is 19.9. The van der Waals surface area contributed by atoms with Crippen LogP contribution in [-0.2, 0) is 24.9 Å². The van der Waals surface area contributed by atoms with Gasteiger partial charge in [0.15, 0.2) is 5.78 Å². The van der Waals surface area contributed by atoms with Crippen LogP contribution in [0.4, 0.5) is 0 Å². The number of hydrogen-bond donors (Lipinski definition) is 1. The summed E-state index contributed by atoms with van der Waals surface area (Å²) in [5.74, 6) is 1.29. The molecule has 0 aliphatic carbocycles. The van der Waals surface area contributed by atoms with E-state index in [1.54, 1.807) is 0 Å². The molecule has 4 aromatic rings. The van der Waals surface area contributed by atoms with E-state index in [2.05, 4.69) is 76.0 Å². The number of pyridine rings is 1. The molecule has 0 atom stereocenters. The Bertz CT molecular complexity index is 1550. The van der Waals surface area contributed by atoms with Crippen LogP contribution in [0.25, 0.3) is 33.6 Å². The Kier molecular flexibility index (Phi) is 13.2. The Labute approximate surface area is 272 Å². The number of carbonyl (C=O) groups is 1. The summed E-state index contributed by atoms with van der Waals surface area (Å²) < 4.78 is 6.39. The molecule has 2 aromatic heterocycles. The van der Waals surface area contributed by atoms with Crippen LogP contribution in [0.5, 0.6) is 0 Å². The van der Waals surface area contributed by atoms with Gasteiger partial charge in [0, 0.05) is 65.9 Å². The molecule has 0 saturated heterocycles. The number of benzene rings is 2. The Morgan fingerprint density at radius 2 is 1.63 bits per heavy atom. The van der Waals surface area contributed by atoms with E-state index in [4.69, 9.17) is 4.42 Å². The van der Waals surface area contributed by atoms with E-state index in [9.17, 15) is 9.90 Å². The van der Waals surface area contributed by atoms with Gasteiger partial charge in [-0.3, -0.25) is 4.79 Å². The van der Waals surface area contributed by atoms with Gasteiger partial charge in [0.2, 0.25) is 0 Å². The van der Waals surface area contributed by atoms with Gasteiger partial charge in [-0.1, -0.05) is 72.2 Å². The van der Waals surface area contributed by atoms with E-state index in [1.807, 2.05) is 46.9 Å². The van der Waals surface area contributed by atoms with Crippen LogP contribution in [0.3, 0.4) is 0 Å². The number of allylic oxidation sites excluding steroid dienone is 2. The smallest absolute Gasteiger partial charge is 0.162 e. The molecule has 0 amide bonds. The maximum Gasteiger partial charge on any atom is 0.162 e. The molecular weight excluding hydrogens is 711 g/mol. The number of aromatic nitrogens is 1. The fourth-order valence-electron chi connectivity index (χ4n) is 5.42. The van der Waals surface area contributed by atoms with Gasteiger partial charge in [-0.15, -0.1) is 34.9 Å². The van der Waals surface area contributed by atoms with E-state index in [0.29, 0.717) is 0 Å². The minimum atomic E-state index is -0.248. The first-order valence-electron chi connectivity index (χ1n) is 15.3. The Hall–Kier alpha value is -3.01. The van der Waals surface area contributed by atoms with Crippen molar-refractivity contribution in [3.63, 3.8) is 0 Å². The standard InChI is InChI=1S/C24H22NO.C14H26O2.Ir/c1-14-6-7-20(17(4)11-14)23-18(5)21-8-9-25-22(24(21)26-23)19-12-15(2)10-16(3)13-19;1-6-11(7-2)12(15)10-13(16)14(5,8-3)9-4;/h6-12H,1-5H3;10-11,16H,6-9H2,1-5H3;/q-1;;/b;13-10-;. The Morgan fingerprint density at radius 1 is 0.977 bits per heavy atom. The molecule has 233 valence electrons. The Morgan fingerprint density at radius 3 is 2.19 bits per heavy atom. The van der Waals surface area contributed by atoms with Crippen LogP contribution in [-0.4, -0.2) is 15.9 Å². The van der Waals surface area contributed by atoms with Crippen molar-refractivity contribution < 1.29 is 34.4 Å². The van der Waals surface area contributed by atoms with Gasteiger partial charge in [0.05, 0.1) is 0 Å². The SMILES string of the molecule is CCC(CC)C(=O)/C=C(\O)C(C)(CC)CC.Cc1[c-]c(-c2nccc3c(C)c(-c4ccc(C)cc4C)oc23)cc(C)c1.[Ir]. The third-order valence-corrected chi connectivity index (χ3v) is 8.73. The number of nitrogens with zero attached hydrogens (tertiary/aromatic N) is 1. The third kappa shape index (κ3) is 8.34. The van der Waals surface area contributed by atoms with Gasteiger partial charge < -0.3 is 14.5 Å². The second kappa shape index (κ2) is 15.6. The second-order valence-electron chi connectivity index (χ2n) is 11.9. The zero-order valence-electron chi connectivity index (χ0n) is 27.6. The average Bonchev–Trinajstić information content (AvgIpc) is 3.29. The predicted molar refractivity (Wildman–Crippen MR) is 176 cm³/mol. The van der Waals surface area contributed by atoms with Crippen LogP contribution >= 0.6 is 0 Å². The average molecular weight is 759 g/mol. The summed E-state index contributed by atoms with van der Waals surface area (Å²) in [6.45, 7) is 20.6. The summed E-state index contributed by atoms with van der Waals surface area (Å²) in [5, 5.41) is 11.1. The van der Waals surface area contributed by atoms with Crippen LogP contribution in [0, 0.1) is 52.0 Å². The number of ketones is 1. The molecule has 1 N–H and O–H groups in total. The van der Waals surface area contributed by atoms with E-state index >= 15 is 0 Å². The van der Waals surface area contributed by atoms with Crippen molar-refractivity contribution in [1.82, 2.24) is 4.98 Å². The summed E-state index contributed by atoms with van der Waals surface area (Å²) in [6, 6.07) is 16.2. The molecule has 2 heterocycles. The van der Waals surface area contributed by atoms with Crippen molar-refractivity contribution in [2.75, 3.05) is 0 Å². The number of hydrogen-bond acceptors (Lipinski definition) is 4. The molecule has 0 fully saturated rings. The zero-order valence-corrected chi connectivity index (χ0v) is 30.0. The van der Waals surface area contributed by atoms with Crippen LogP contribution in [0.2, 0.25) is 0 Å². The molecule has 4 nitrogen and oxygen atoms in total. The summed E-state index contributed by atoms with van der Waals surface area (Å²) in [7, 11) is 0. The van der Waals surface area contributed by atoms with Gasteiger partial charge in [0.1, 0.15) is 17.1 Å².